The van der Waals surface area contributed by atoms with Crippen LogP contribution in [-0.4, -0.2) is 55.7 Å². The highest BCUT2D eigenvalue weighted by molar-refractivity contribution is 7.13. The summed E-state index contributed by atoms with van der Waals surface area (Å²) in [5.41, 5.74) is -0.414. The number of ether oxygens (including phenoxy) is 1. The molecular weight excluding hydrogens is 453 g/mol. The second-order valence-electron chi connectivity index (χ2n) is 8.86. The Morgan fingerprint density at radius 1 is 1.36 bits per heavy atom. The molecular formula is C23H25F3N4O2S. The second-order valence-corrected chi connectivity index (χ2v) is 10.1. The molecule has 2 fully saturated rings. The van der Waals surface area contributed by atoms with Gasteiger partial charge in [0.25, 0.3) is 5.91 Å². The first kappa shape index (κ1) is 23.5. The van der Waals surface area contributed by atoms with Crippen LogP contribution in [0.15, 0.2) is 18.2 Å². The smallest absolute Gasteiger partial charge is 0.384 e. The number of aryl methyl sites for hydroxylation is 2. The summed E-state index contributed by atoms with van der Waals surface area (Å²) in [6, 6.07) is 5.49. The molecule has 6 nitrogen and oxygen atoms in total. The fourth-order valence-corrected chi connectivity index (χ4v) is 6.01. The van der Waals surface area contributed by atoms with Crippen LogP contribution in [0.4, 0.5) is 18.9 Å². The maximum Gasteiger partial charge on any atom is 0.417 e. The van der Waals surface area contributed by atoms with Gasteiger partial charge in [-0.2, -0.15) is 18.4 Å². The van der Waals surface area contributed by atoms with Crippen LogP contribution < -0.4 is 4.90 Å². The predicted molar refractivity (Wildman–Crippen MR) is 118 cm³/mol. The van der Waals surface area contributed by atoms with Gasteiger partial charge < -0.3 is 14.5 Å². The lowest BCUT2D eigenvalue weighted by Crippen LogP contribution is -2.50. The molecule has 2 aliphatic heterocycles. The van der Waals surface area contributed by atoms with Crippen LogP contribution >= 0.6 is 11.3 Å². The quantitative estimate of drug-likeness (QED) is 0.657. The number of halogens is 3. The van der Waals surface area contributed by atoms with Crippen LogP contribution in [0.5, 0.6) is 0 Å². The number of alkyl halides is 3. The standard InChI is InChI=1S/C23H25F3N4O2S/c1-14-20(33-15(2)28-14)21(31)29-7-6-22(13-32-3)12-30(11-17(22)10-29)18-5-4-16(9-27)19(8-18)23(24,25)26/h4-5,8,17H,6-7,10-13H2,1-3H3/t17-,22+/m1/s1. The summed E-state index contributed by atoms with van der Waals surface area (Å²) in [4.78, 5) is 21.9. The molecule has 1 aromatic carbocycles. The maximum atomic E-state index is 13.5. The molecule has 176 valence electrons. The molecule has 0 radical (unpaired) electrons. The molecule has 0 bridgehead atoms. The number of rotatable bonds is 4. The van der Waals surface area contributed by atoms with Crippen molar-refractivity contribution in [1.29, 1.82) is 5.26 Å². The Bertz CT molecular complexity index is 1110. The Kier molecular flexibility index (Phi) is 6.14. The van der Waals surface area contributed by atoms with Crippen molar-refractivity contribution in [3.8, 4) is 6.07 Å². The molecule has 2 saturated heterocycles. The average Bonchev–Trinajstić information content (AvgIpc) is 3.31. The third kappa shape index (κ3) is 4.32. The number of aromatic nitrogens is 1. The van der Waals surface area contributed by atoms with Crippen molar-refractivity contribution < 1.29 is 22.7 Å². The molecule has 4 rings (SSSR count). The van der Waals surface area contributed by atoms with Crippen LogP contribution in [0, 0.1) is 36.5 Å². The molecule has 1 aromatic heterocycles. The molecule has 10 heteroatoms. The number of benzene rings is 1. The molecule has 2 aromatic rings. The molecule has 3 heterocycles. The molecule has 0 unspecified atom stereocenters. The van der Waals surface area contributed by atoms with Crippen LogP contribution in [0.25, 0.3) is 0 Å². The second kappa shape index (κ2) is 8.61. The van der Waals surface area contributed by atoms with E-state index in [9.17, 15) is 18.0 Å². The number of fused-ring (bicyclic) bond motifs is 1. The molecule has 0 aliphatic carbocycles. The highest BCUT2D eigenvalue weighted by Gasteiger charge is 2.50. The minimum atomic E-state index is -4.61. The molecule has 1 amide bonds. The van der Waals surface area contributed by atoms with Gasteiger partial charge in [0.1, 0.15) is 4.88 Å². The lowest BCUT2D eigenvalue weighted by molar-refractivity contribution is -0.137. The maximum absolute atomic E-state index is 13.5. The molecule has 33 heavy (non-hydrogen) atoms. The van der Waals surface area contributed by atoms with E-state index in [1.807, 2.05) is 23.6 Å². The van der Waals surface area contributed by atoms with Gasteiger partial charge in [-0.15, -0.1) is 11.3 Å². The average molecular weight is 479 g/mol. The van der Waals surface area contributed by atoms with Crippen LogP contribution in [0.2, 0.25) is 0 Å². The zero-order valence-electron chi connectivity index (χ0n) is 18.7. The van der Waals surface area contributed by atoms with E-state index in [4.69, 9.17) is 10.00 Å². The van der Waals surface area contributed by atoms with Crippen LogP contribution in [0.3, 0.4) is 0 Å². The number of likely N-dealkylation sites (tertiary alicyclic amines) is 1. The lowest BCUT2D eigenvalue weighted by atomic mass is 9.73. The molecule has 0 saturated carbocycles. The number of amides is 1. The Hall–Kier alpha value is -2.64. The van der Waals surface area contributed by atoms with Gasteiger partial charge in [-0.1, -0.05) is 0 Å². The number of nitriles is 1. The first-order chi connectivity index (χ1) is 15.6. The van der Waals surface area contributed by atoms with Gasteiger partial charge in [0, 0.05) is 50.3 Å². The number of carbonyl (C=O) groups excluding carboxylic acids is 1. The SMILES string of the molecule is COC[C@@]12CCN(C(=O)c3sc(C)nc3C)C[C@@H]1CN(c1ccc(C#N)c(C(F)(F)F)c1)C2. The fourth-order valence-electron chi connectivity index (χ4n) is 5.12. The van der Waals surface area contributed by atoms with Gasteiger partial charge >= 0.3 is 6.18 Å². The lowest BCUT2D eigenvalue weighted by Gasteiger charge is -2.42. The topological polar surface area (TPSA) is 69.5 Å². The van der Waals surface area contributed by atoms with Crippen molar-refractivity contribution in [2.75, 3.05) is 44.8 Å². The zero-order valence-corrected chi connectivity index (χ0v) is 19.5. The van der Waals surface area contributed by atoms with E-state index >= 15 is 0 Å². The predicted octanol–water partition coefficient (Wildman–Crippen LogP) is 4.27. The van der Waals surface area contributed by atoms with Crippen molar-refractivity contribution >= 4 is 22.9 Å². The normalized spacial score (nSPS) is 22.9. The molecule has 0 N–H and O–H groups in total. The van der Waals surface area contributed by atoms with Gasteiger partial charge in [0.15, 0.2) is 0 Å². The number of methoxy groups -OCH3 is 1. The molecule has 2 atom stereocenters. The summed E-state index contributed by atoms with van der Waals surface area (Å²) < 4.78 is 46.0. The van der Waals surface area contributed by atoms with Gasteiger partial charge in [0.05, 0.1) is 34.5 Å². The van der Waals surface area contributed by atoms with Gasteiger partial charge in [-0.05, 0) is 38.5 Å². The van der Waals surface area contributed by atoms with Crippen molar-refractivity contribution in [3.63, 3.8) is 0 Å². The Morgan fingerprint density at radius 3 is 2.73 bits per heavy atom. The molecule has 2 aliphatic rings. The highest BCUT2D eigenvalue weighted by atomic mass is 32.1. The van der Waals surface area contributed by atoms with E-state index in [0.717, 1.165) is 16.8 Å². The summed E-state index contributed by atoms with van der Waals surface area (Å²) in [6.45, 7) is 6.29. The van der Waals surface area contributed by atoms with Crippen molar-refractivity contribution in [1.82, 2.24) is 9.88 Å². The van der Waals surface area contributed by atoms with Crippen molar-refractivity contribution in [2.24, 2.45) is 11.3 Å². The number of nitrogens with zero attached hydrogens (tertiary/aromatic N) is 4. The van der Waals surface area contributed by atoms with Crippen LogP contribution in [0.1, 0.15) is 37.9 Å². The van der Waals surface area contributed by atoms with E-state index < -0.39 is 11.7 Å². The Balaban J connectivity index is 1.60. The summed E-state index contributed by atoms with van der Waals surface area (Å²) in [5.74, 6) is 0.00903. The third-order valence-corrected chi connectivity index (χ3v) is 7.80. The number of hydrogen-bond donors (Lipinski definition) is 0. The summed E-state index contributed by atoms with van der Waals surface area (Å²) in [6.07, 6.45) is -3.90. The van der Waals surface area contributed by atoms with Gasteiger partial charge in [-0.3, -0.25) is 4.79 Å². The van der Waals surface area contributed by atoms with Gasteiger partial charge in [-0.25, -0.2) is 4.98 Å². The van der Waals surface area contributed by atoms with E-state index in [0.29, 0.717) is 49.8 Å². The van der Waals surface area contributed by atoms with E-state index in [-0.39, 0.29) is 22.8 Å². The third-order valence-electron chi connectivity index (χ3n) is 6.74. The Labute approximate surface area is 194 Å². The first-order valence-corrected chi connectivity index (χ1v) is 11.5. The van der Waals surface area contributed by atoms with Crippen molar-refractivity contribution in [3.05, 3.63) is 44.9 Å². The van der Waals surface area contributed by atoms with E-state index in [1.165, 1.54) is 17.4 Å². The monoisotopic (exact) mass is 478 g/mol. The van der Waals surface area contributed by atoms with Crippen molar-refractivity contribution in [2.45, 2.75) is 26.4 Å². The Morgan fingerprint density at radius 2 is 2.12 bits per heavy atom. The molecule has 0 spiro atoms. The number of carbonyl (C=O) groups is 1. The number of anilines is 1. The summed E-state index contributed by atoms with van der Waals surface area (Å²) in [7, 11) is 1.62. The van der Waals surface area contributed by atoms with E-state index in [1.54, 1.807) is 19.2 Å². The highest BCUT2D eigenvalue weighted by Crippen LogP contribution is 2.46. The summed E-state index contributed by atoms with van der Waals surface area (Å²) in [5, 5.41) is 9.93. The first-order valence-electron chi connectivity index (χ1n) is 10.7. The number of piperidine rings is 1. The van der Waals surface area contributed by atoms with Gasteiger partial charge in [0.2, 0.25) is 0 Å². The number of hydrogen-bond acceptors (Lipinski definition) is 6. The fraction of sp³-hybridized carbons (Fsp3) is 0.522. The minimum absolute atomic E-state index is 0.0414. The largest absolute Gasteiger partial charge is 0.417 e. The van der Waals surface area contributed by atoms with E-state index in [2.05, 4.69) is 4.98 Å². The zero-order chi connectivity index (χ0) is 24.0. The van der Waals surface area contributed by atoms with Crippen LogP contribution in [-0.2, 0) is 10.9 Å². The minimum Gasteiger partial charge on any atom is -0.384 e. The number of thiazole rings is 1. The summed E-state index contributed by atoms with van der Waals surface area (Å²) >= 11 is 1.39.